The Balaban J connectivity index is 1.79. The zero-order chi connectivity index (χ0) is 28.6. The van der Waals surface area contributed by atoms with E-state index in [2.05, 4.69) is 26.7 Å². The zero-order valence-electron chi connectivity index (χ0n) is 22.3. The predicted molar refractivity (Wildman–Crippen MR) is 152 cm³/mol. The number of nitrogens with one attached hydrogen (secondary N) is 3. The molecular formula is C28H31N9O3. The third-order valence-corrected chi connectivity index (χ3v) is 6.46. The lowest BCUT2D eigenvalue weighted by Crippen LogP contribution is -2.29. The minimum Gasteiger partial charge on any atom is -0.384 e. The maximum Gasteiger partial charge on any atom is 0.268 e. The van der Waals surface area contributed by atoms with Crippen LogP contribution in [-0.4, -0.2) is 37.2 Å². The molecule has 0 saturated carbocycles. The van der Waals surface area contributed by atoms with Crippen molar-refractivity contribution in [3.05, 3.63) is 76.0 Å². The van der Waals surface area contributed by atoms with Crippen LogP contribution >= 0.6 is 0 Å². The number of aryl methyl sites for hydroxylation is 1. The lowest BCUT2D eigenvalue weighted by Gasteiger charge is -2.23. The molecule has 40 heavy (non-hydrogen) atoms. The molecule has 4 aromatic rings. The molecule has 0 aliphatic carbocycles. The molecule has 12 nitrogen and oxygen atoms in total. The van der Waals surface area contributed by atoms with Gasteiger partial charge in [0.2, 0.25) is 11.9 Å². The summed E-state index contributed by atoms with van der Waals surface area (Å²) in [5.74, 6) is 0.331. The summed E-state index contributed by atoms with van der Waals surface area (Å²) in [6.45, 7) is 4.16. The summed E-state index contributed by atoms with van der Waals surface area (Å²) >= 11 is 0. The summed E-state index contributed by atoms with van der Waals surface area (Å²) < 4.78 is 1.57. The molecule has 1 atom stereocenters. The van der Waals surface area contributed by atoms with Gasteiger partial charge >= 0.3 is 0 Å². The second kappa shape index (κ2) is 12.7. The molecule has 1 amide bonds. The van der Waals surface area contributed by atoms with Crippen LogP contribution in [0.5, 0.6) is 0 Å². The Hall–Kier alpha value is -5.02. The molecule has 1 unspecified atom stereocenters. The molecule has 6 N–H and O–H groups in total. The van der Waals surface area contributed by atoms with E-state index in [9.17, 15) is 14.9 Å². The summed E-state index contributed by atoms with van der Waals surface area (Å²) in [4.78, 5) is 38.7. The van der Waals surface area contributed by atoms with Gasteiger partial charge in [0.05, 0.1) is 28.3 Å². The van der Waals surface area contributed by atoms with Gasteiger partial charge in [-0.3, -0.25) is 19.4 Å². The van der Waals surface area contributed by atoms with Gasteiger partial charge in [-0.25, -0.2) is 15.4 Å². The molecule has 4 rings (SSSR count). The van der Waals surface area contributed by atoms with E-state index in [1.807, 2.05) is 49.4 Å². The molecule has 0 saturated heterocycles. The third kappa shape index (κ3) is 6.00. The summed E-state index contributed by atoms with van der Waals surface area (Å²) in [7, 11) is 0. The number of anilines is 3. The van der Waals surface area contributed by atoms with Gasteiger partial charge in [-0.05, 0) is 50.5 Å². The van der Waals surface area contributed by atoms with Crippen LogP contribution in [-0.2, 0) is 4.79 Å². The summed E-state index contributed by atoms with van der Waals surface area (Å²) in [6, 6.07) is 16.3. The second-order valence-electron chi connectivity index (χ2n) is 9.17. The van der Waals surface area contributed by atoms with Crippen LogP contribution < -0.4 is 27.4 Å². The molecular weight excluding hydrogens is 510 g/mol. The zero-order valence-corrected chi connectivity index (χ0v) is 22.3. The number of amides is 1. The van der Waals surface area contributed by atoms with E-state index in [-0.39, 0.29) is 29.3 Å². The smallest absolute Gasteiger partial charge is 0.268 e. The molecule has 0 bridgehead atoms. The first-order chi connectivity index (χ1) is 19.4. The Morgan fingerprint density at radius 2 is 1.90 bits per heavy atom. The van der Waals surface area contributed by atoms with Crippen molar-refractivity contribution >= 4 is 34.3 Å². The molecule has 2 heterocycles. The third-order valence-electron chi connectivity index (χ3n) is 6.46. The minimum atomic E-state index is -0.493. The van der Waals surface area contributed by atoms with E-state index in [0.29, 0.717) is 59.6 Å². The molecule has 0 spiro atoms. The van der Waals surface area contributed by atoms with Gasteiger partial charge in [0.1, 0.15) is 23.3 Å². The lowest BCUT2D eigenvalue weighted by atomic mass is 10.1. The van der Waals surface area contributed by atoms with Crippen LogP contribution in [0.1, 0.15) is 55.7 Å². The number of nitrogen functional groups attached to an aromatic ring is 1. The van der Waals surface area contributed by atoms with Gasteiger partial charge in [0.15, 0.2) is 0 Å². The van der Waals surface area contributed by atoms with Crippen molar-refractivity contribution in [2.24, 2.45) is 0 Å². The Kier molecular flexibility index (Phi) is 8.88. The Bertz CT molecular complexity index is 1610. The van der Waals surface area contributed by atoms with Crippen molar-refractivity contribution in [1.29, 1.82) is 5.26 Å². The van der Waals surface area contributed by atoms with Crippen LogP contribution in [0.4, 0.5) is 17.5 Å². The average molecular weight is 542 g/mol. The van der Waals surface area contributed by atoms with Crippen molar-refractivity contribution in [3.63, 3.8) is 0 Å². The number of para-hydroxylation sites is 1. The Morgan fingerprint density at radius 3 is 2.60 bits per heavy atom. The summed E-state index contributed by atoms with van der Waals surface area (Å²) in [6.07, 6.45) is 1.96. The van der Waals surface area contributed by atoms with Gasteiger partial charge in [0.25, 0.3) is 5.56 Å². The van der Waals surface area contributed by atoms with Gasteiger partial charge < -0.3 is 16.4 Å². The Morgan fingerprint density at radius 1 is 1.12 bits per heavy atom. The number of hydrogen-bond acceptors (Lipinski definition) is 10. The highest BCUT2D eigenvalue weighted by atomic mass is 16.5. The topological polar surface area (TPSA) is 184 Å². The fraction of sp³-hybridized carbons (Fsp3) is 0.286. The Labute approximate surface area is 230 Å². The quantitative estimate of drug-likeness (QED) is 0.107. The highest BCUT2D eigenvalue weighted by Gasteiger charge is 2.23. The monoisotopic (exact) mass is 541 g/mol. The van der Waals surface area contributed by atoms with E-state index >= 15 is 0 Å². The number of rotatable bonds is 11. The number of carbonyl (C=O) groups is 1. The van der Waals surface area contributed by atoms with Gasteiger partial charge in [-0.15, -0.1) is 0 Å². The number of nitrogens with two attached hydrogens (primary N) is 1. The molecule has 2 aromatic carbocycles. The molecule has 12 heteroatoms. The number of carbonyl (C=O) groups excluding carboxylic acids is 1. The number of nitriles is 1. The molecule has 206 valence electrons. The lowest BCUT2D eigenvalue weighted by molar-refractivity contribution is -0.129. The van der Waals surface area contributed by atoms with Crippen molar-refractivity contribution in [2.45, 2.75) is 45.6 Å². The van der Waals surface area contributed by atoms with E-state index in [1.54, 1.807) is 23.0 Å². The number of hydrogen-bond donors (Lipinski definition) is 5. The van der Waals surface area contributed by atoms with Gasteiger partial charge in [-0.2, -0.15) is 10.2 Å². The maximum absolute atomic E-state index is 14.2. The van der Waals surface area contributed by atoms with Crippen LogP contribution in [0.2, 0.25) is 0 Å². The van der Waals surface area contributed by atoms with Crippen molar-refractivity contribution < 1.29 is 10.0 Å². The van der Waals surface area contributed by atoms with Crippen LogP contribution in [0, 0.1) is 18.3 Å². The number of hydroxylamine groups is 1. The maximum atomic E-state index is 14.2. The van der Waals surface area contributed by atoms with E-state index in [4.69, 9.17) is 15.9 Å². The summed E-state index contributed by atoms with van der Waals surface area (Å²) in [5, 5.41) is 25.4. The van der Waals surface area contributed by atoms with Gasteiger partial charge in [0, 0.05) is 18.7 Å². The van der Waals surface area contributed by atoms with Crippen molar-refractivity contribution in [3.8, 4) is 11.8 Å². The number of fused-ring (bicyclic) bond motifs is 1. The fourth-order valence-corrected chi connectivity index (χ4v) is 4.49. The summed E-state index contributed by atoms with van der Waals surface area (Å²) in [5.41, 5.74) is 9.74. The standard InChI is InChI=1S/C28H31N9O3/c1-3-20(33-25-19(16-29)17(2)32-28(30)35-25)26-34-22-13-9-12-21(31-15-8-7-14-23(38)36-40)24(22)27(39)37(26)18-10-5-4-6-11-18/h4-6,9-13,20,31,40H,3,7-8,14-15H2,1-2H3,(H,36,38)(H3,30,32,33,35). The normalized spacial score (nSPS) is 11.6. The molecule has 0 radical (unpaired) electrons. The van der Waals surface area contributed by atoms with Crippen LogP contribution in [0.15, 0.2) is 53.3 Å². The van der Waals surface area contributed by atoms with Crippen LogP contribution in [0.25, 0.3) is 16.6 Å². The number of unbranched alkanes of at least 4 members (excludes halogenated alkanes) is 1. The fourth-order valence-electron chi connectivity index (χ4n) is 4.49. The molecule has 0 aliphatic rings. The first kappa shape index (κ1) is 28.0. The first-order valence-electron chi connectivity index (χ1n) is 13.0. The average Bonchev–Trinajstić information content (AvgIpc) is 2.95. The number of nitrogens with zero attached hydrogens (tertiary/aromatic N) is 5. The number of aromatic nitrogens is 4. The highest BCUT2D eigenvalue weighted by molar-refractivity contribution is 5.91. The molecule has 0 fully saturated rings. The highest BCUT2D eigenvalue weighted by Crippen LogP contribution is 2.28. The van der Waals surface area contributed by atoms with Gasteiger partial charge in [-0.1, -0.05) is 31.2 Å². The van der Waals surface area contributed by atoms with E-state index in [0.717, 1.165) is 0 Å². The first-order valence-corrected chi connectivity index (χ1v) is 13.0. The van der Waals surface area contributed by atoms with E-state index < -0.39 is 11.9 Å². The van der Waals surface area contributed by atoms with Crippen molar-refractivity contribution in [2.75, 3.05) is 22.9 Å². The van der Waals surface area contributed by atoms with Crippen LogP contribution in [0.3, 0.4) is 0 Å². The predicted octanol–water partition coefficient (Wildman–Crippen LogP) is 3.59. The molecule has 2 aromatic heterocycles. The molecule has 0 aliphatic heterocycles. The SMILES string of the molecule is CCC(Nc1nc(N)nc(C)c1C#N)c1nc2cccc(NCCCCC(=O)NO)c2c(=O)n1-c1ccccc1. The largest absolute Gasteiger partial charge is 0.384 e. The number of benzene rings is 2. The van der Waals surface area contributed by atoms with Crippen molar-refractivity contribution in [1.82, 2.24) is 25.0 Å². The second-order valence-corrected chi connectivity index (χ2v) is 9.17. The minimum absolute atomic E-state index is 0.0356. The van der Waals surface area contributed by atoms with E-state index in [1.165, 1.54) is 0 Å².